The quantitative estimate of drug-likeness (QED) is 0.889. The second-order valence-electron chi connectivity index (χ2n) is 6.96. The van der Waals surface area contributed by atoms with E-state index < -0.39 is 10.0 Å². The SMILES string of the molecule is Cc1ccccc1S(=O)(=O)Nc1ccc2c(c1)CCCN2C(=O)C(C)C. The molecule has 1 heterocycles. The predicted molar refractivity (Wildman–Crippen MR) is 104 cm³/mol. The van der Waals surface area contributed by atoms with E-state index in [0.717, 1.165) is 24.1 Å². The van der Waals surface area contributed by atoms with Gasteiger partial charge in [-0.1, -0.05) is 32.0 Å². The summed E-state index contributed by atoms with van der Waals surface area (Å²) in [6.07, 6.45) is 1.70. The van der Waals surface area contributed by atoms with Gasteiger partial charge in [0.1, 0.15) is 0 Å². The molecule has 1 amide bonds. The van der Waals surface area contributed by atoms with Gasteiger partial charge in [-0.05, 0) is 55.2 Å². The fourth-order valence-corrected chi connectivity index (χ4v) is 4.57. The van der Waals surface area contributed by atoms with Crippen LogP contribution in [0.1, 0.15) is 31.4 Å². The van der Waals surface area contributed by atoms with Crippen molar-refractivity contribution < 1.29 is 13.2 Å². The molecule has 2 aromatic rings. The van der Waals surface area contributed by atoms with Crippen molar-refractivity contribution >= 4 is 27.3 Å². The Kier molecular flexibility index (Phi) is 5.05. The monoisotopic (exact) mass is 372 g/mol. The Balaban J connectivity index is 1.90. The Hall–Kier alpha value is -2.34. The van der Waals surface area contributed by atoms with Crippen molar-refractivity contribution in [2.24, 2.45) is 5.92 Å². The van der Waals surface area contributed by atoms with Gasteiger partial charge in [0, 0.05) is 23.8 Å². The first-order chi connectivity index (χ1) is 12.3. The first-order valence-electron chi connectivity index (χ1n) is 8.82. The maximum absolute atomic E-state index is 12.7. The molecule has 1 aliphatic heterocycles. The first kappa shape index (κ1) is 18.5. The molecule has 0 bridgehead atoms. The minimum atomic E-state index is -3.64. The van der Waals surface area contributed by atoms with Gasteiger partial charge < -0.3 is 4.90 Å². The average molecular weight is 372 g/mol. The molecule has 0 atom stereocenters. The Bertz CT molecular complexity index is 936. The van der Waals surface area contributed by atoms with Gasteiger partial charge in [-0.2, -0.15) is 0 Å². The number of anilines is 2. The van der Waals surface area contributed by atoms with Crippen LogP contribution in [-0.4, -0.2) is 20.9 Å². The van der Waals surface area contributed by atoms with Crippen molar-refractivity contribution in [3.63, 3.8) is 0 Å². The number of rotatable bonds is 4. The van der Waals surface area contributed by atoms with Gasteiger partial charge in [-0.25, -0.2) is 8.42 Å². The molecule has 0 radical (unpaired) electrons. The fraction of sp³-hybridized carbons (Fsp3) is 0.350. The molecule has 6 heteroatoms. The largest absolute Gasteiger partial charge is 0.312 e. The van der Waals surface area contributed by atoms with E-state index in [2.05, 4.69) is 4.72 Å². The summed E-state index contributed by atoms with van der Waals surface area (Å²) in [4.78, 5) is 14.5. The predicted octanol–water partition coefficient (Wildman–Crippen LogP) is 3.73. The number of hydrogen-bond donors (Lipinski definition) is 1. The maximum Gasteiger partial charge on any atom is 0.262 e. The summed E-state index contributed by atoms with van der Waals surface area (Å²) >= 11 is 0. The Morgan fingerprint density at radius 2 is 1.88 bits per heavy atom. The van der Waals surface area contributed by atoms with Crippen LogP contribution in [-0.2, 0) is 21.2 Å². The molecule has 0 aromatic heterocycles. The molecule has 26 heavy (non-hydrogen) atoms. The topological polar surface area (TPSA) is 66.5 Å². The molecule has 0 aliphatic carbocycles. The van der Waals surface area contributed by atoms with Crippen molar-refractivity contribution in [3.8, 4) is 0 Å². The number of benzene rings is 2. The Labute approximate surface area is 155 Å². The zero-order valence-electron chi connectivity index (χ0n) is 15.3. The molecule has 2 aromatic carbocycles. The van der Waals surface area contributed by atoms with E-state index >= 15 is 0 Å². The lowest BCUT2D eigenvalue weighted by Gasteiger charge is -2.31. The number of hydrogen-bond acceptors (Lipinski definition) is 3. The van der Waals surface area contributed by atoms with Crippen LogP contribution in [0.5, 0.6) is 0 Å². The molecule has 3 rings (SSSR count). The van der Waals surface area contributed by atoms with Gasteiger partial charge in [0.2, 0.25) is 5.91 Å². The van der Waals surface area contributed by atoms with Crippen LogP contribution in [0.3, 0.4) is 0 Å². The van der Waals surface area contributed by atoms with Crippen molar-refractivity contribution in [1.29, 1.82) is 0 Å². The zero-order valence-corrected chi connectivity index (χ0v) is 16.1. The number of fused-ring (bicyclic) bond motifs is 1. The van der Waals surface area contributed by atoms with Crippen molar-refractivity contribution in [2.75, 3.05) is 16.2 Å². The maximum atomic E-state index is 12.7. The minimum absolute atomic E-state index is 0.0693. The summed E-state index contributed by atoms with van der Waals surface area (Å²) < 4.78 is 28.0. The van der Waals surface area contributed by atoms with E-state index in [1.165, 1.54) is 0 Å². The third-order valence-corrected chi connectivity index (χ3v) is 6.13. The number of carbonyl (C=O) groups excluding carboxylic acids is 1. The molecular weight excluding hydrogens is 348 g/mol. The number of aryl methyl sites for hydroxylation is 2. The standard InChI is InChI=1S/C20H24N2O3S/c1-14(2)20(23)22-12-6-8-16-13-17(10-11-18(16)22)21-26(24,25)19-9-5-4-7-15(19)3/h4-5,7,9-11,13-14,21H,6,8,12H2,1-3H3. The van der Waals surface area contributed by atoms with E-state index in [1.807, 2.05) is 36.9 Å². The zero-order chi connectivity index (χ0) is 18.9. The van der Waals surface area contributed by atoms with Crippen LogP contribution in [0, 0.1) is 12.8 Å². The second kappa shape index (κ2) is 7.11. The molecule has 1 N–H and O–H groups in total. The van der Waals surface area contributed by atoms with Crippen molar-refractivity contribution in [1.82, 2.24) is 0 Å². The summed E-state index contributed by atoms with van der Waals surface area (Å²) in [6.45, 7) is 6.26. The van der Waals surface area contributed by atoms with Crippen LogP contribution in [0.25, 0.3) is 0 Å². The lowest BCUT2D eigenvalue weighted by atomic mass is 9.99. The number of amides is 1. The van der Waals surface area contributed by atoms with Crippen molar-refractivity contribution in [2.45, 2.75) is 38.5 Å². The molecule has 138 valence electrons. The van der Waals surface area contributed by atoms with Crippen LogP contribution in [0.2, 0.25) is 0 Å². The van der Waals surface area contributed by atoms with Gasteiger partial charge in [0.05, 0.1) is 4.90 Å². The van der Waals surface area contributed by atoms with Gasteiger partial charge in [0.25, 0.3) is 10.0 Å². The summed E-state index contributed by atoms with van der Waals surface area (Å²) in [5, 5.41) is 0. The third-order valence-electron chi connectivity index (χ3n) is 4.59. The van der Waals surface area contributed by atoms with E-state index in [0.29, 0.717) is 17.8 Å². The first-order valence-corrected chi connectivity index (χ1v) is 10.3. The molecule has 0 unspecified atom stereocenters. The Morgan fingerprint density at radius 1 is 1.15 bits per heavy atom. The van der Waals surface area contributed by atoms with Crippen LogP contribution in [0.4, 0.5) is 11.4 Å². The lowest BCUT2D eigenvalue weighted by molar-refractivity contribution is -0.121. The van der Waals surface area contributed by atoms with E-state index in [4.69, 9.17) is 0 Å². The molecule has 0 fully saturated rings. The summed E-state index contributed by atoms with van der Waals surface area (Å²) in [5.74, 6) is 0.0272. The lowest BCUT2D eigenvalue weighted by Crippen LogP contribution is -2.38. The van der Waals surface area contributed by atoms with Gasteiger partial charge in [-0.3, -0.25) is 9.52 Å². The van der Waals surface area contributed by atoms with E-state index in [1.54, 1.807) is 31.2 Å². The molecule has 5 nitrogen and oxygen atoms in total. The van der Waals surface area contributed by atoms with E-state index in [9.17, 15) is 13.2 Å². The molecule has 0 saturated heterocycles. The van der Waals surface area contributed by atoms with Crippen LogP contribution >= 0.6 is 0 Å². The Morgan fingerprint density at radius 3 is 2.58 bits per heavy atom. The molecule has 1 aliphatic rings. The smallest absolute Gasteiger partial charge is 0.262 e. The number of sulfonamides is 1. The highest BCUT2D eigenvalue weighted by Gasteiger charge is 2.25. The molecule has 0 spiro atoms. The number of nitrogens with zero attached hydrogens (tertiary/aromatic N) is 1. The summed E-state index contributed by atoms with van der Waals surface area (Å²) in [7, 11) is -3.64. The summed E-state index contributed by atoms with van der Waals surface area (Å²) in [6, 6.07) is 12.3. The minimum Gasteiger partial charge on any atom is -0.312 e. The van der Waals surface area contributed by atoms with Crippen molar-refractivity contribution in [3.05, 3.63) is 53.6 Å². The van der Waals surface area contributed by atoms with Crippen LogP contribution in [0.15, 0.2) is 47.4 Å². The van der Waals surface area contributed by atoms with E-state index in [-0.39, 0.29) is 16.7 Å². The number of carbonyl (C=O) groups is 1. The van der Waals surface area contributed by atoms with Gasteiger partial charge in [-0.15, -0.1) is 0 Å². The summed E-state index contributed by atoms with van der Waals surface area (Å²) in [5.41, 5.74) is 3.10. The average Bonchev–Trinajstić information content (AvgIpc) is 2.60. The highest BCUT2D eigenvalue weighted by Crippen LogP contribution is 2.31. The highest BCUT2D eigenvalue weighted by molar-refractivity contribution is 7.92. The van der Waals surface area contributed by atoms with Crippen LogP contribution < -0.4 is 9.62 Å². The third kappa shape index (κ3) is 3.60. The second-order valence-corrected chi connectivity index (χ2v) is 8.61. The number of nitrogens with one attached hydrogen (secondary N) is 1. The normalized spacial score (nSPS) is 14.2. The van der Waals surface area contributed by atoms with Gasteiger partial charge >= 0.3 is 0 Å². The fourth-order valence-electron chi connectivity index (χ4n) is 3.27. The molecule has 0 saturated carbocycles. The highest BCUT2D eigenvalue weighted by atomic mass is 32.2. The molecular formula is C20H24N2O3S. The van der Waals surface area contributed by atoms with Gasteiger partial charge in [0.15, 0.2) is 0 Å².